The van der Waals surface area contributed by atoms with Crippen LogP contribution in [-0.2, 0) is 9.53 Å². The number of carbonyl (C=O) groups is 1. The summed E-state index contributed by atoms with van der Waals surface area (Å²) in [6.45, 7) is 6.55. The van der Waals surface area contributed by atoms with Crippen molar-refractivity contribution in [3.63, 3.8) is 0 Å². The normalized spacial score (nSPS) is 23.9. The molecular weight excluding hydrogens is 268 g/mol. The fourth-order valence-electron chi connectivity index (χ4n) is 3.43. The Labute approximate surface area is 128 Å². The van der Waals surface area contributed by atoms with E-state index in [1.165, 1.54) is 12.8 Å². The van der Waals surface area contributed by atoms with Gasteiger partial charge in [-0.25, -0.2) is 0 Å². The van der Waals surface area contributed by atoms with Gasteiger partial charge in [0.15, 0.2) is 0 Å². The Bertz CT molecular complexity index is 323. The second-order valence-corrected chi connectivity index (χ2v) is 6.68. The molecule has 1 aliphatic carbocycles. The number of ether oxygens (including phenoxy) is 1. The standard InChI is InChI=1S/C16H30N2O3/c1-14(18-8-10-21-11-9-18)4-5-15(20)17-12-16(13-19)6-2-3-7-16/h14,19H,2-13H2,1H3,(H,17,20)/t14-/m1/s1. The number of amides is 1. The summed E-state index contributed by atoms with van der Waals surface area (Å²) in [5.74, 6) is 0.120. The molecule has 2 N–H and O–H groups in total. The molecular formula is C16H30N2O3. The van der Waals surface area contributed by atoms with Crippen LogP contribution in [0.4, 0.5) is 0 Å². The zero-order valence-corrected chi connectivity index (χ0v) is 13.3. The molecule has 5 heteroatoms. The highest BCUT2D eigenvalue weighted by Crippen LogP contribution is 2.36. The highest BCUT2D eigenvalue weighted by atomic mass is 16.5. The molecule has 1 saturated carbocycles. The highest BCUT2D eigenvalue weighted by molar-refractivity contribution is 5.75. The van der Waals surface area contributed by atoms with E-state index in [4.69, 9.17) is 4.74 Å². The summed E-state index contributed by atoms with van der Waals surface area (Å²) in [5, 5.41) is 12.6. The summed E-state index contributed by atoms with van der Waals surface area (Å²) < 4.78 is 5.35. The Morgan fingerprint density at radius 1 is 1.33 bits per heavy atom. The Balaban J connectivity index is 1.64. The van der Waals surface area contributed by atoms with Gasteiger partial charge in [-0.3, -0.25) is 9.69 Å². The molecule has 122 valence electrons. The van der Waals surface area contributed by atoms with Crippen LogP contribution >= 0.6 is 0 Å². The van der Waals surface area contributed by atoms with Crippen LogP contribution in [0.2, 0.25) is 0 Å². The molecule has 0 spiro atoms. The van der Waals surface area contributed by atoms with Crippen molar-refractivity contribution in [1.29, 1.82) is 0 Å². The van der Waals surface area contributed by atoms with Gasteiger partial charge in [0.2, 0.25) is 5.91 Å². The van der Waals surface area contributed by atoms with E-state index in [9.17, 15) is 9.90 Å². The number of rotatable bonds is 7. The predicted molar refractivity (Wildman–Crippen MR) is 82.1 cm³/mol. The van der Waals surface area contributed by atoms with Crippen LogP contribution in [0, 0.1) is 5.41 Å². The number of hydrogen-bond donors (Lipinski definition) is 2. The first-order valence-electron chi connectivity index (χ1n) is 8.35. The summed E-state index contributed by atoms with van der Waals surface area (Å²) in [7, 11) is 0. The second kappa shape index (κ2) is 8.11. The number of nitrogens with zero attached hydrogens (tertiary/aromatic N) is 1. The third-order valence-electron chi connectivity index (χ3n) is 5.12. The fourth-order valence-corrected chi connectivity index (χ4v) is 3.43. The van der Waals surface area contributed by atoms with E-state index in [1.807, 2.05) is 0 Å². The Morgan fingerprint density at radius 3 is 2.62 bits per heavy atom. The van der Waals surface area contributed by atoms with Crippen molar-refractivity contribution >= 4 is 5.91 Å². The lowest BCUT2D eigenvalue weighted by atomic mass is 9.87. The Kier molecular flexibility index (Phi) is 6.45. The van der Waals surface area contributed by atoms with Gasteiger partial charge in [0.1, 0.15) is 0 Å². The molecule has 1 amide bonds. The summed E-state index contributed by atoms with van der Waals surface area (Å²) in [6, 6.07) is 0.429. The van der Waals surface area contributed by atoms with Gasteiger partial charge in [0.25, 0.3) is 0 Å². The van der Waals surface area contributed by atoms with Crippen LogP contribution in [0.5, 0.6) is 0 Å². The third kappa shape index (κ3) is 4.94. The summed E-state index contributed by atoms with van der Waals surface area (Å²) in [6.07, 6.45) is 5.87. The summed E-state index contributed by atoms with van der Waals surface area (Å²) in [4.78, 5) is 14.4. The van der Waals surface area contributed by atoms with Crippen LogP contribution in [0.1, 0.15) is 45.4 Å². The average molecular weight is 298 g/mol. The molecule has 0 aromatic heterocycles. The van der Waals surface area contributed by atoms with Crippen molar-refractivity contribution in [3.8, 4) is 0 Å². The molecule has 1 saturated heterocycles. The first-order valence-corrected chi connectivity index (χ1v) is 8.35. The zero-order valence-electron chi connectivity index (χ0n) is 13.3. The molecule has 2 fully saturated rings. The summed E-state index contributed by atoms with van der Waals surface area (Å²) >= 11 is 0. The quantitative estimate of drug-likeness (QED) is 0.740. The van der Waals surface area contributed by atoms with Crippen molar-refractivity contribution in [1.82, 2.24) is 10.2 Å². The monoisotopic (exact) mass is 298 g/mol. The van der Waals surface area contributed by atoms with Crippen LogP contribution in [-0.4, -0.2) is 61.4 Å². The molecule has 0 radical (unpaired) electrons. The zero-order chi connectivity index (χ0) is 15.1. The first kappa shape index (κ1) is 16.7. The van der Waals surface area contributed by atoms with Gasteiger partial charge in [-0.15, -0.1) is 0 Å². The van der Waals surface area contributed by atoms with Crippen molar-refractivity contribution in [2.45, 2.75) is 51.5 Å². The van der Waals surface area contributed by atoms with E-state index in [2.05, 4.69) is 17.1 Å². The van der Waals surface area contributed by atoms with E-state index < -0.39 is 0 Å². The minimum absolute atomic E-state index is 0.0501. The van der Waals surface area contributed by atoms with Gasteiger partial charge in [0.05, 0.1) is 19.8 Å². The van der Waals surface area contributed by atoms with Gasteiger partial charge in [-0.2, -0.15) is 0 Å². The van der Waals surface area contributed by atoms with Gasteiger partial charge >= 0.3 is 0 Å². The van der Waals surface area contributed by atoms with Gasteiger partial charge in [-0.05, 0) is 26.2 Å². The van der Waals surface area contributed by atoms with Crippen LogP contribution in [0.3, 0.4) is 0 Å². The maximum absolute atomic E-state index is 12.0. The lowest BCUT2D eigenvalue weighted by molar-refractivity contribution is -0.122. The molecule has 2 aliphatic rings. The maximum Gasteiger partial charge on any atom is 0.220 e. The molecule has 0 aromatic carbocycles. The van der Waals surface area contributed by atoms with E-state index in [0.29, 0.717) is 19.0 Å². The van der Waals surface area contributed by atoms with Crippen molar-refractivity contribution in [2.75, 3.05) is 39.5 Å². The van der Waals surface area contributed by atoms with E-state index in [-0.39, 0.29) is 17.9 Å². The first-order chi connectivity index (χ1) is 10.2. The second-order valence-electron chi connectivity index (χ2n) is 6.68. The maximum atomic E-state index is 12.0. The van der Waals surface area contributed by atoms with Crippen molar-refractivity contribution in [3.05, 3.63) is 0 Å². The van der Waals surface area contributed by atoms with E-state index in [0.717, 1.165) is 45.6 Å². The SMILES string of the molecule is C[C@H](CCC(=O)NCC1(CO)CCCC1)N1CCOCC1. The molecule has 0 aromatic rings. The Morgan fingerprint density at radius 2 is 2.00 bits per heavy atom. The highest BCUT2D eigenvalue weighted by Gasteiger charge is 2.33. The molecule has 1 aliphatic heterocycles. The molecule has 21 heavy (non-hydrogen) atoms. The molecule has 1 heterocycles. The van der Waals surface area contributed by atoms with Crippen LogP contribution in [0.15, 0.2) is 0 Å². The Hall–Kier alpha value is -0.650. The molecule has 0 bridgehead atoms. The lowest BCUT2D eigenvalue weighted by Gasteiger charge is -2.32. The topological polar surface area (TPSA) is 61.8 Å². The number of morpholine rings is 1. The van der Waals surface area contributed by atoms with Gasteiger partial charge in [-0.1, -0.05) is 12.8 Å². The van der Waals surface area contributed by atoms with Crippen molar-refractivity contribution in [2.24, 2.45) is 5.41 Å². The van der Waals surface area contributed by atoms with E-state index in [1.54, 1.807) is 0 Å². The minimum Gasteiger partial charge on any atom is -0.396 e. The predicted octanol–water partition coefficient (Wildman–Crippen LogP) is 1.16. The average Bonchev–Trinajstić information content (AvgIpc) is 3.01. The van der Waals surface area contributed by atoms with E-state index >= 15 is 0 Å². The van der Waals surface area contributed by atoms with Gasteiger partial charge < -0.3 is 15.2 Å². The van der Waals surface area contributed by atoms with Crippen LogP contribution < -0.4 is 5.32 Å². The third-order valence-corrected chi connectivity index (χ3v) is 5.12. The van der Waals surface area contributed by atoms with Gasteiger partial charge in [0, 0.05) is 37.5 Å². The molecule has 1 atom stereocenters. The summed E-state index contributed by atoms with van der Waals surface area (Å²) in [5.41, 5.74) is -0.0501. The number of hydrogen-bond acceptors (Lipinski definition) is 4. The largest absolute Gasteiger partial charge is 0.396 e. The smallest absolute Gasteiger partial charge is 0.220 e. The molecule has 5 nitrogen and oxygen atoms in total. The minimum atomic E-state index is -0.0501. The number of nitrogens with one attached hydrogen (secondary N) is 1. The fraction of sp³-hybridized carbons (Fsp3) is 0.938. The number of aliphatic hydroxyl groups is 1. The van der Waals surface area contributed by atoms with Crippen LogP contribution in [0.25, 0.3) is 0 Å². The number of carbonyl (C=O) groups excluding carboxylic acids is 1. The molecule has 2 rings (SSSR count). The molecule has 0 unspecified atom stereocenters. The lowest BCUT2D eigenvalue weighted by Crippen LogP contribution is -2.43. The number of aliphatic hydroxyl groups excluding tert-OH is 1. The van der Waals surface area contributed by atoms with Crippen molar-refractivity contribution < 1.29 is 14.6 Å².